The zero-order chi connectivity index (χ0) is 26.6. The molecule has 0 spiro atoms. The van der Waals surface area contributed by atoms with E-state index in [2.05, 4.69) is 14.7 Å². The number of ether oxygens (including phenoxy) is 3. The van der Waals surface area contributed by atoms with E-state index in [1.54, 1.807) is 60.1 Å². The second-order valence-corrected chi connectivity index (χ2v) is 8.82. The van der Waals surface area contributed by atoms with Gasteiger partial charge in [0.15, 0.2) is 0 Å². The van der Waals surface area contributed by atoms with Crippen molar-refractivity contribution in [3.05, 3.63) is 96.3 Å². The molecule has 1 N–H and O–H groups in total. The standard InChI is InChI=1S/C14H13NO3S.C13H11NO3S/c1-17-14(16)12-4-3-9-15-13(12)18-10-5-7-11(19-2)8-6-10;1-18-10-6-4-9(5-7-10)17-12-11(13(15)16)3-2-8-14-12/h3-9H,1-2H3;2-8H,1H3,(H,15,16). The molecule has 4 aromatic rings. The van der Waals surface area contributed by atoms with Crippen molar-refractivity contribution < 1.29 is 28.9 Å². The molecule has 0 atom stereocenters. The molecule has 2 aromatic carbocycles. The molecule has 0 bridgehead atoms. The third-order valence-electron chi connectivity index (χ3n) is 4.73. The molecule has 0 aliphatic rings. The fourth-order valence-electron chi connectivity index (χ4n) is 2.88. The minimum absolute atomic E-state index is 0.0476. The lowest BCUT2D eigenvalue weighted by Gasteiger charge is -2.08. The lowest BCUT2D eigenvalue weighted by atomic mass is 10.3. The number of rotatable bonds is 8. The van der Waals surface area contributed by atoms with Crippen molar-refractivity contribution in [2.75, 3.05) is 19.6 Å². The summed E-state index contributed by atoms with van der Waals surface area (Å²) in [6, 6.07) is 21.2. The minimum Gasteiger partial charge on any atom is -0.477 e. The third-order valence-corrected chi connectivity index (χ3v) is 6.21. The second-order valence-electron chi connectivity index (χ2n) is 7.06. The van der Waals surface area contributed by atoms with E-state index in [0.717, 1.165) is 9.79 Å². The van der Waals surface area contributed by atoms with E-state index in [1.807, 2.05) is 48.9 Å². The maximum absolute atomic E-state index is 11.6. The molecule has 8 nitrogen and oxygen atoms in total. The topological polar surface area (TPSA) is 108 Å². The van der Waals surface area contributed by atoms with Crippen LogP contribution >= 0.6 is 23.5 Å². The van der Waals surface area contributed by atoms with Gasteiger partial charge in [-0.1, -0.05) is 0 Å². The van der Waals surface area contributed by atoms with Gasteiger partial charge < -0.3 is 19.3 Å². The molecule has 10 heteroatoms. The molecular weight excluding hydrogens is 512 g/mol. The molecule has 37 heavy (non-hydrogen) atoms. The van der Waals surface area contributed by atoms with E-state index >= 15 is 0 Å². The Balaban J connectivity index is 0.000000206. The van der Waals surface area contributed by atoms with E-state index < -0.39 is 11.9 Å². The Kier molecular flexibility index (Phi) is 10.4. The number of hydrogen-bond donors (Lipinski definition) is 1. The highest BCUT2D eigenvalue weighted by Gasteiger charge is 2.14. The number of aromatic nitrogens is 2. The fourth-order valence-corrected chi connectivity index (χ4v) is 3.70. The van der Waals surface area contributed by atoms with Gasteiger partial charge in [0, 0.05) is 22.2 Å². The summed E-state index contributed by atoms with van der Waals surface area (Å²) in [6.45, 7) is 0. The summed E-state index contributed by atoms with van der Waals surface area (Å²) >= 11 is 3.28. The molecule has 0 fully saturated rings. The van der Waals surface area contributed by atoms with Crippen LogP contribution in [0.3, 0.4) is 0 Å². The highest BCUT2D eigenvalue weighted by molar-refractivity contribution is 7.98. The molecular formula is C27H24N2O6S2. The van der Waals surface area contributed by atoms with Crippen LogP contribution in [0.1, 0.15) is 20.7 Å². The van der Waals surface area contributed by atoms with Gasteiger partial charge >= 0.3 is 11.9 Å². The lowest BCUT2D eigenvalue weighted by Crippen LogP contribution is -2.04. The van der Waals surface area contributed by atoms with E-state index in [1.165, 1.54) is 19.4 Å². The summed E-state index contributed by atoms with van der Waals surface area (Å²) < 4.78 is 15.8. The Bertz CT molecular complexity index is 1330. The smallest absolute Gasteiger partial charge is 0.343 e. The zero-order valence-electron chi connectivity index (χ0n) is 20.3. The second kappa shape index (κ2) is 13.9. The Labute approximate surface area is 223 Å². The zero-order valence-corrected chi connectivity index (χ0v) is 21.9. The molecule has 2 aromatic heterocycles. The van der Waals surface area contributed by atoms with Gasteiger partial charge in [-0.2, -0.15) is 0 Å². The molecule has 0 aliphatic carbocycles. The third kappa shape index (κ3) is 7.99. The maximum Gasteiger partial charge on any atom is 0.343 e. The van der Waals surface area contributed by atoms with Crippen molar-refractivity contribution in [1.82, 2.24) is 9.97 Å². The number of nitrogens with zero attached hydrogens (tertiary/aromatic N) is 2. The largest absolute Gasteiger partial charge is 0.477 e. The number of aromatic carboxylic acids is 1. The molecule has 190 valence electrons. The number of pyridine rings is 2. The van der Waals surface area contributed by atoms with Crippen molar-refractivity contribution in [1.29, 1.82) is 0 Å². The molecule has 4 rings (SSSR count). The quantitative estimate of drug-likeness (QED) is 0.194. The van der Waals surface area contributed by atoms with Gasteiger partial charge in [-0.05, 0) is 85.3 Å². The predicted octanol–water partition coefficient (Wildman–Crippen LogP) is 6.68. The summed E-state index contributed by atoms with van der Waals surface area (Å²) in [7, 11) is 1.33. The summed E-state index contributed by atoms with van der Waals surface area (Å²) in [5, 5.41) is 9.00. The summed E-state index contributed by atoms with van der Waals surface area (Å²) in [5.74, 6) is 0.00599. The van der Waals surface area contributed by atoms with Gasteiger partial charge in [0.1, 0.15) is 22.6 Å². The number of carbonyl (C=O) groups is 2. The highest BCUT2D eigenvalue weighted by Crippen LogP contribution is 2.26. The number of benzene rings is 2. The normalized spacial score (nSPS) is 10.0. The van der Waals surface area contributed by atoms with Gasteiger partial charge in [-0.15, -0.1) is 23.5 Å². The van der Waals surface area contributed by atoms with Crippen LogP contribution in [0.2, 0.25) is 0 Å². The number of esters is 1. The predicted molar refractivity (Wildman–Crippen MR) is 143 cm³/mol. The van der Waals surface area contributed by atoms with Crippen molar-refractivity contribution in [2.45, 2.75) is 9.79 Å². The molecule has 0 radical (unpaired) electrons. The van der Waals surface area contributed by atoms with Crippen molar-refractivity contribution >= 4 is 35.5 Å². The van der Waals surface area contributed by atoms with E-state index in [9.17, 15) is 9.59 Å². The summed E-state index contributed by atoms with van der Waals surface area (Å²) in [5.41, 5.74) is 0.352. The van der Waals surface area contributed by atoms with Crippen LogP contribution in [-0.2, 0) is 4.74 Å². The summed E-state index contributed by atoms with van der Waals surface area (Å²) in [4.78, 5) is 32.8. The SMILES string of the molecule is COC(=O)c1cccnc1Oc1ccc(SC)cc1.CSc1ccc(Oc2ncccc2C(=O)O)cc1. The van der Waals surface area contributed by atoms with Crippen LogP contribution in [-0.4, -0.2) is 46.6 Å². The average molecular weight is 537 g/mol. The molecule has 2 heterocycles. The first-order valence-electron chi connectivity index (χ1n) is 10.8. The average Bonchev–Trinajstić information content (AvgIpc) is 2.94. The molecule has 0 saturated carbocycles. The lowest BCUT2D eigenvalue weighted by molar-refractivity contribution is 0.0596. The number of methoxy groups -OCH3 is 1. The van der Waals surface area contributed by atoms with Crippen LogP contribution in [0.5, 0.6) is 23.3 Å². The minimum atomic E-state index is -1.06. The Morgan fingerprint density at radius 3 is 1.54 bits per heavy atom. The van der Waals surface area contributed by atoms with Crippen LogP contribution in [0.15, 0.2) is 95.0 Å². The fraction of sp³-hybridized carbons (Fsp3) is 0.111. The molecule has 0 aliphatic heterocycles. The van der Waals surface area contributed by atoms with Crippen molar-refractivity contribution in [3.8, 4) is 23.3 Å². The molecule has 0 amide bonds. The van der Waals surface area contributed by atoms with E-state index in [-0.39, 0.29) is 17.3 Å². The van der Waals surface area contributed by atoms with Crippen LogP contribution in [0.25, 0.3) is 0 Å². The highest BCUT2D eigenvalue weighted by atomic mass is 32.2. The maximum atomic E-state index is 11.6. The molecule has 0 unspecified atom stereocenters. The van der Waals surface area contributed by atoms with Crippen LogP contribution < -0.4 is 9.47 Å². The first-order valence-corrected chi connectivity index (χ1v) is 13.3. The van der Waals surface area contributed by atoms with Gasteiger partial charge in [-0.25, -0.2) is 19.6 Å². The van der Waals surface area contributed by atoms with E-state index in [0.29, 0.717) is 17.1 Å². The van der Waals surface area contributed by atoms with Crippen molar-refractivity contribution in [2.24, 2.45) is 0 Å². The van der Waals surface area contributed by atoms with E-state index in [4.69, 9.17) is 14.6 Å². The first kappa shape index (κ1) is 27.6. The molecule has 0 saturated heterocycles. The Hall–Kier alpha value is -4.02. The number of hydrogen-bond acceptors (Lipinski definition) is 9. The Morgan fingerprint density at radius 1 is 0.703 bits per heavy atom. The van der Waals surface area contributed by atoms with Crippen molar-refractivity contribution in [3.63, 3.8) is 0 Å². The number of carboxylic acid groups (broad SMARTS) is 1. The number of thioether (sulfide) groups is 2. The van der Waals surface area contributed by atoms with Gasteiger partial charge in [0.2, 0.25) is 11.8 Å². The first-order chi connectivity index (χ1) is 17.9. The van der Waals surface area contributed by atoms with Gasteiger partial charge in [0.25, 0.3) is 0 Å². The monoisotopic (exact) mass is 536 g/mol. The van der Waals surface area contributed by atoms with Crippen LogP contribution in [0.4, 0.5) is 0 Å². The Morgan fingerprint density at radius 2 is 1.14 bits per heavy atom. The van der Waals surface area contributed by atoms with Gasteiger partial charge in [0.05, 0.1) is 7.11 Å². The van der Waals surface area contributed by atoms with Gasteiger partial charge in [-0.3, -0.25) is 0 Å². The summed E-state index contributed by atoms with van der Waals surface area (Å²) in [6.07, 6.45) is 7.05. The number of carbonyl (C=O) groups excluding carboxylic acids is 1. The number of carboxylic acids is 1. The van der Waals surface area contributed by atoms with Crippen LogP contribution in [0, 0.1) is 0 Å².